The summed E-state index contributed by atoms with van der Waals surface area (Å²) < 4.78 is 31.9. The minimum absolute atomic E-state index is 0.0125. The van der Waals surface area contributed by atoms with Gasteiger partial charge in [0.25, 0.3) is 0 Å². The van der Waals surface area contributed by atoms with Crippen molar-refractivity contribution in [2.24, 2.45) is 5.41 Å². The summed E-state index contributed by atoms with van der Waals surface area (Å²) in [6, 6.07) is 3.74. The Balaban J connectivity index is 1.56. The molecule has 2 fully saturated rings. The van der Waals surface area contributed by atoms with E-state index in [9.17, 15) is 18.4 Å². The predicted octanol–water partition coefficient (Wildman–Crippen LogP) is 2.73. The molecule has 5 nitrogen and oxygen atoms in total. The van der Waals surface area contributed by atoms with Gasteiger partial charge in [-0.1, -0.05) is 6.07 Å². The fraction of sp³-hybridized carbons (Fsp3) is 0.600. The zero-order chi connectivity index (χ0) is 19.6. The van der Waals surface area contributed by atoms with Crippen molar-refractivity contribution in [2.45, 2.75) is 45.8 Å². The Bertz CT molecular complexity index is 715. The van der Waals surface area contributed by atoms with E-state index in [0.29, 0.717) is 31.6 Å². The molecule has 27 heavy (non-hydrogen) atoms. The third-order valence-electron chi connectivity index (χ3n) is 5.48. The molecule has 0 bridgehead atoms. The highest BCUT2D eigenvalue weighted by atomic mass is 19.2. The van der Waals surface area contributed by atoms with Crippen molar-refractivity contribution in [3.05, 3.63) is 35.4 Å². The van der Waals surface area contributed by atoms with Gasteiger partial charge in [-0.2, -0.15) is 0 Å². The molecule has 2 aliphatic heterocycles. The van der Waals surface area contributed by atoms with Gasteiger partial charge in [-0.15, -0.1) is 0 Å². The highest BCUT2D eigenvalue weighted by Gasteiger charge is 2.45. The molecule has 1 aromatic rings. The Morgan fingerprint density at radius 1 is 1.22 bits per heavy atom. The lowest BCUT2D eigenvalue weighted by molar-refractivity contribution is -0.139. The van der Waals surface area contributed by atoms with Crippen LogP contribution in [-0.4, -0.2) is 54.0 Å². The number of carbonyl (C=O) groups excluding carboxylic acids is 2. The zero-order valence-corrected chi connectivity index (χ0v) is 15.8. The maximum absolute atomic E-state index is 13.4. The largest absolute Gasteiger partial charge is 0.369 e. The van der Waals surface area contributed by atoms with Crippen LogP contribution >= 0.6 is 0 Å². The smallest absolute Gasteiger partial charge is 0.248 e. The first-order valence-corrected chi connectivity index (χ1v) is 9.39. The van der Waals surface area contributed by atoms with Gasteiger partial charge in [0.05, 0.1) is 6.10 Å². The predicted molar refractivity (Wildman–Crippen MR) is 95.7 cm³/mol. The molecular formula is C20H26F2N2O3. The zero-order valence-electron chi connectivity index (χ0n) is 15.8. The van der Waals surface area contributed by atoms with Crippen molar-refractivity contribution in [2.75, 3.05) is 26.2 Å². The fourth-order valence-corrected chi connectivity index (χ4v) is 3.88. The van der Waals surface area contributed by atoms with Crippen LogP contribution in [0.25, 0.3) is 0 Å². The molecule has 148 valence electrons. The van der Waals surface area contributed by atoms with Crippen molar-refractivity contribution in [1.82, 2.24) is 9.80 Å². The standard InChI is InChI=1S/C20H26F2N2O3/c1-14(2)27-12-19(26)23-7-5-20(6-8-23)10-18(25)24(13-20)11-15-3-4-16(21)17(22)9-15/h3-4,9,14H,5-8,10-13H2,1-2H3. The summed E-state index contributed by atoms with van der Waals surface area (Å²) in [5.41, 5.74) is 0.448. The Morgan fingerprint density at radius 2 is 1.93 bits per heavy atom. The molecule has 0 aromatic heterocycles. The van der Waals surface area contributed by atoms with Crippen molar-refractivity contribution < 1.29 is 23.1 Å². The number of piperidine rings is 1. The SMILES string of the molecule is CC(C)OCC(=O)N1CCC2(CC1)CC(=O)N(Cc1ccc(F)c(F)c1)C2. The molecule has 1 spiro atoms. The van der Waals surface area contributed by atoms with Crippen LogP contribution in [0.2, 0.25) is 0 Å². The number of nitrogens with zero attached hydrogens (tertiary/aromatic N) is 2. The van der Waals surface area contributed by atoms with E-state index in [1.54, 1.807) is 9.80 Å². The van der Waals surface area contributed by atoms with Gasteiger partial charge in [-0.25, -0.2) is 8.78 Å². The van der Waals surface area contributed by atoms with E-state index in [1.807, 2.05) is 13.8 Å². The molecule has 7 heteroatoms. The first-order valence-electron chi connectivity index (χ1n) is 9.39. The highest BCUT2D eigenvalue weighted by molar-refractivity contribution is 5.80. The first-order chi connectivity index (χ1) is 12.8. The number of hydrogen-bond donors (Lipinski definition) is 0. The monoisotopic (exact) mass is 380 g/mol. The van der Waals surface area contributed by atoms with Gasteiger partial charge in [-0.05, 0) is 44.4 Å². The lowest BCUT2D eigenvalue weighted by Gasteiger charge is -2.38. The summed E-state index contributed by atoms with van der Waals surface area (Å²) >= 11 is 0. The molecule has 2 saturated heterocycles. The van der Waals surface area contributed by atoms with Crippen LogP contribution in [0.4, 0.5) is 8.78 Å². The average Bonchev–Trinajstić information content (AvgIpc) is 2.91. The number of hydrogen-bond acceptors (Lipinski definition) is 3. The Kier molecular flexibility index (Phi) is 5.79. The molecule has 0 N–H and O–H groups in total. The molecule has 2 amide bonds. The average molecular weight is 380 g/mol. The topological polar surface area (TPSA) is 49.9 Å². The van der Waals surface area contributed by atoms with Gasteiger partial charge < -0.3 is 14.5 Å². The summed E-state index contributed by atoms with van der Waals surface area (Å²) in [5.74, 6) is -1.77. The van der Waals surface area contributed by atoms with Gasteiger partial charge in [-0.3, -0.25) is 9.59 Å². The molecule has 0 radical (unpaired) electrons. The molecular weight excluding hydrogens is 354 g/mol. The van der Waals surface area contributed by atoms with Crippen molar-refractivity contribution in [1.29, 1.82) is 0 Å². The molecule has 0 unspecified atom stereocenters. The lowest BCUT2D eigenvalue weighted by atomic mass is 9.77. The van der Waals surface area contributed by atoms with Crippen molar-refractivity contribution in [3.8, 4) is 0 Å². The maximum Gasteiger partial charge on any atom is 0.248 e. The molecule has 0 saturated carbocycles. The summed E-state index contributed by atoms with van der Waals surface area (Å²) in [7, 11) is 0. The maximum atomic E-state index is 13.4. The van der Waals surface area contributed by atoms with Crippen LogP contribution in [0, 0.1) is 17.0 Å². The summed E-state index contributed by atoms with van der Waals surface area (Å²) in [6.07, 6.45) is 1.99. The summed E-state index contributed by atoms with van der Waals surface area (Å²) in [4.78, 5) is 28.2. The molecule has 3 rings (SSSR count). The Morgan fingerprint density at radius 3 is 2.56 bits per heavy atom. The van der Waals surface area contributed by atoms with E-state index < -0.39 is 11.6 Å². The highest BCUT2D eigenvalue weighted by Crippen LogP contribution is 2.41. The number of halogens is 2. The first kappa shape index (κ1) is 19.7. The second-order valence-electron chi connectivity index (χ2n) is 7.92. The normalized spacial score (nSPS) is 19.4. The van der Waals surface area contributed by atoms with E-state index in [1.165, 1.54) is 6.07 Å². The van der Waals surface area contributed by atoms with Crippen LogP contribution in [0.5, 0.6) is 0 Å². The number of rotatable bonds is 5. The third-order valence-corrected chi connectivity index (χ3v) is 5.48. The van der Waals surface area contributed by atoms with Gasteiger partial charge in [0.2, 0.25) is 11.8 Å². The Hall–Kier alpha value is -2.02. The second-order valence-corrected chi connectivity index (χ2v) is 7.92. The number of carbonyl (C=O) groups is 2. The van der Waals surface area contributed by atoms with E-state index in [-0.39, 0.29) is 36.5 Å². The van der Waals surface area contributed by atoms with Gasteiger partial charge in [0.15, 0.2) is 11.6 Å². The molecule has 2 heterocycles. The van der Waals surface area contributed by atoms with Crippen LogP contribution in [0.1, 0.15) is 38.7 Å². The van der Waals surface area contributed by atoms with E-state index >= 15 is 0 Å². The van der Waals surface area contributed by atoms with Gasteiger partial charge >= 0.3 is 0 Å². The quantitative estimate of drug-likeness (QED) is 0.789. The van der Waals surface area contributed by atoms with Crippen LogP contribution in [-0.2, 0) is 20.9 Å². The second kappa shape index (κ2) is 7.92. The van der Waals surface area contributed by atoms with E-state index in [2.05, 4.69) is 0 Å². The van der Waals surface area contributed by atoms with Crippen LogP contribution in [0.15, 0.2) is 18.2 Å². The summed E-state index contributed by atoms with van der Waals surface area (Å²) in [5, 5.41) is 0. The van der Waals surface area contributed by atoms with Crippen molar-refractivity contribution >= 4 is 11.8 Å². The molecule has 0 atom stereocenters. The lowest BCUT2D eigenvalue weighted by Crippen LogP contribution is -2.45. The van der Waals surface area contributed by atoms with Crippen molar-refractivity contribution in [3.63, 3.8) is 0 Å². The van der Waals surface area contributed by atoms with Gasteiger partial charge in [0.1, 0.15) is 6.61 Å². The van der Waals surface area contributed by atoms with Crippen LogP contribution < -0.4 is 0 Å². The molecule has 1 aromatic carbocycles. The minimum atomic E-state index is -0.899. The third kappa shape index (κ3) is 4.64. The van der Waals surface area contributed by atoms with Gasteiger partial charge in [0, 0.05) is 38.0 Å². The van der Waals surface area contributed by atoms with E-state index in [0.717, 1.165) is 25.0 Å². The molecule has 0 aliphatic carbocycles. The van der Waals surface area contributed by atoms with E-state index in [4.69, 9.17) is 4.74 Å². The minimum Gasteiger partial charge on any atom is -0.369 e. The summed E-state index contributed by atoms with van der Waals surface area (Å²) in [6.45, 7) is 5.98. The number of benzene rings is 1. The van der Waals surface area contributed by atoms with Crippen LogP contribution in [0.3, 0.4) is 0 Å². The molecule has 2 aliphatic rings. The fourth-order valence-electron chi connectivity index (χ4n) is 3.88. The number of likely N-dealkylation sites (tertiary alicyclic amines) is 2. The number of amides is 2. The Labute approximate surface area is 158 Å². The number of ether oxygens (including phenoxy) is 1.